The normalized spacial score (nSPS) is 17.2. The van der Waals surface area contributed by atoms with Gasteiger partial charge in [0, 0.05) is 23.0 Å². The zero-order valence-electron chi connectivity index (χ0n) is 20.5. The molecule has 0 saturated heterocycles. The smallest absolute Gasteiger partial charge is 0.311 e. The van der Waals surface area contributed by atoms with Crippen LogP contribution in [0.5, 0.6) is 0 Å². The van der Waals surface area contributed by atoms with E-state index in [2.05, 4.69) is 62.7 Å². The highest BCUT2D eigenvalue weighted by atomic mass is 32.2. The summed E-state index contributed by atoms with van der Waals surface area (Å²) in [6, 6.07) is 14.8. The fourth-order valence-corrected chi connectivity index (χ4v) is 6.31. The van der Waals surface area contributed by atoms with Gasteiger partial charge in [-0.1, -0.05) is 18.2 Å². The Bertz CT molecular complexity index is 1710. The number of nitrogens with zero attached hydrogens (tertiary/aromatic N) is 6. The van der Waals surface area contributed by atoms with E-state index in [1.54, 1.807) is 24.2 Å². The van der Waals surface area contributed by atoms with Crippen LogP contribution in [0.4, 0.5) is 28.1 Å². The minimum Gasteiger partial charge on any atom is -0.311 e. The van der Waals surface area contributed by atoms with Crippen LogP contribution in [0, 0.1) is 0 Å². The molecule has 4 heterocycles. The number of sulfonamides is 1. The van der Waals surface area contributed by atoms with Crippen LogP contribution < -0.4 is 20.7 Å². The molecule has 0 bridgehead atoms. The molecule has 4 N–H and O–H groups in total. The van der Waals surface area contributed by atoms with Gasteiger partial charge in [-0.15, -0.1) is 11.8 Å². The third-order valence-electron chi connectivity index (χ3n) is 5.84. The van der Waals surface area contributed by atoms with E-state index in [1.807, 2.05) is 12.1 Å². The Morgan fingerprint density at radius 1 is 0.825 bits per heavy atom. The molecule has 2 atom stereocenters. The van der Waals surface area contributed by atoms with Crippen LogP contribution in [0.3, 0.4) is 0 Å². The first-order chi connectivity index (χ1) is 19.4. The second kappa shape index (κ2) is 10.7. The highest BCUT2D eigenvalue weighted by Gasteiger charge is 2.38. The van der Waals surface area contributed by atoms with Crippen LogP contribution in [0.15, 0.2) is 99.2 Å². The molecule has 40 heavy (non-hydrogen) atoms. The molecule has 15 heteroatoms. The summed E-state index contributed by atoms with van der Waals surface area (Å²) in [5.41, 5.74) is 1.92. The lowest BCUT2D eigenvalue weighted by molar-refractivity contribution is 0.262. The molecule has 2 unspecified atom stereocenters. The number of urea groups is 1. The predicted molar refractivity (Wildman–Crippen MR) is 152 cm³/mol. The van der Waals surface area contributed by atoms with Gasteiger partial charge < -0.3 is 16.0 Å². The van der Waals surface area contributed by atoms with E-state index < -0.39 is 16.1 Å². The topological polar surface area (TPSA) is 176 Å². The molecule has 6 rings (SSSR count). The molecule has 2 amide bonds. The van der Waals surface area contributed by atoms with Crippen molar-refractivity contribution >= 4 is 63.3 Å². The number of benzene rings is 2. The number of nitrogens with one attached hydrogen (secondary N) is 4. The van der Waals surface area contributed by atoms with Gasteiger partial charge in [0.2, 0.25) is 11.9 Å². The molecule has 13 nitrogen and oxygen atoms in total. The number of carbonyl (C=O) groups is 1. The number of hydrogen-bond donors (Lipinski definition) is 4. The van der Waals surface area contributed by atoms with Gasteiger partial charge in [-0.2, -0.15) is 0 Å². The second-order valence-corrected chi connectivity index (χ2v) is 11.4. The number of aliphatic imine (C=N–C) groups is 2. The monoisotopic (exact) mass is 572 g/mol. The van der Waals surface area contributed by atoms with E-state index in [0.29, 0.717) is 23.2 Å². The van der Waals surface area contributed by atoms with Crippen LogP contribution in [-0.2, 0) is 10.0 Å². The van der Waals surface area contributed by atoms with E-state index in [9.17, 15) is 13.2 Å². The molecular formula is C25H20N10O3S2. The standard InChI is InChI=1S/C25H20N10O3S2/c36-25(32-15-6-8-17(9-7-15)40(37,38)35-24-26-10-3-11-27-24)33-16-12-28-23(29-13-16)34-22-21-20(30-14-31-22)18-4-1-2-5-19(18)39-21/h1-14,20-21H,(H,26,27,35)(H2,32,33,36)(H,28,29,30,31,34). The Balaban J connectivity index is 1.04. The average Bonchev–Trinajstić information content (AvgIpc) is 3.35. The zero-order chi connectivity index (χ0) is 27.5. The molecule has 200 valence electrons. The molecule has 2 aromatic carbocycles. The number of aromatic nitrogens is 4. The highest BCUT2D eigenvalue weighted by Crippen LogP contribution is 2.47. The van der Waals surface area contributed by atoms with E-state index >= 15 is 0 Å². The van der Waals surface area contributed by atoms with Crippen LogP contribution in [0.1, 0.15) is 11.6 Å². The molecular weight excluding hydrogens is 552 g/mol. The van der Waals surface area contributed by atoms with Crippen molar-refractivity contribution in [3.05, 3.63) is 84.9 Å². The van der Waals surface area contributed by atoms with Gasteiger partial charge in [0.15, 0.2) is 0 Å². The maximum atomic E-state index is 12.5. The van der Waals surface area contributed by atoms with Crippen LogP contribution >= 0.6 is 11.8 Å². The number of anilines is 4. The number of thioether (sulfide) groups is 1. The Morgan fingerprint density at radius 3 is 2.33 bits per heavy atom. The van der Waals surface area contributed by atoms with Gasteiger partial charge in [0.1, 0.15) is 12.2 Å². The van der Waals surface area contributed by atoms with Crippen molar-refractivity contribution in [2.45, 2.75) is 21.1 Å². The Morgan fingerprint density at radius 2 is 1.55 bits per heavy atom. The van der Waals surface area contributed by atoms with Gasteiger partial charge in [-0.3, -0.25) is 4.99 Å². The van der Waals surface area contributed by atoms with Crippen molar-refractivity contribution in [1.82, 2.24) is 19.9 Å². The fourth-order valence-electron chi connectivity index (χ4n) is 4.02. The first-order valence-electron chi connectivity index (χ1n) is 11.9. The zero-order valence-corrected chi connectivity index (χ0v) is 22.1. The number of carbonyl (C=O) groups excluding carboxylic acids is 1. The van der Waals surface area contributed by atoms with Crippen molar-refractivity contribution in [2.24, 2.45) is 9.98 Å². The molecule has 2 aliphatic rings. The molecule has 0 spiro atoms. The van der Waals surface area contributed by atoms with Crippen LogP contribution in [0.2, 0.25) is 0 Å². The quantitative estimate of drug-likeness (QED) is 0.268. The average molecular weight is 573 g/mol. The van der Waals surface area contributed by atoms with Crippen LogP contribution in [0.25, 0.3) is 0 Å². The first kappa shape index (κ1) is 25.4. The summed E-state index contributed by atoms with van der Waals surface area (Å²) in [5.74, 6) is 0.999. The minimum atomic E-state index is -3.88. The summed E-state index contributed by atoms with van der Waals surface area (Å²) in [7, 11) is -3.88. The number of amides is 2. The highest BCUT2D eigenvalue weighted by molar-refractivity contribution is 8.01. The predicted octanol–water partition coefficient (Wildman–Crippen LogP) is 3.78. The number of rotatable bonds is 6. The number of hydrogen-bond acceptors (Lipinski definition) is 11. The summed E-state index contributed by atoms with van der Waals surface area (Å²) < 4.78 is 27.3. The van der Waals surface area contributed by atoms with Crippen LogP contribution in [-0.4, -0.2) is 51.8 Å². The fraction of sp³-hybridized carbons (Fsp3) is 0.0800. The SMILES string of the molecule is O=C(Nc1ccc(S(=O)(=O)Nc2ncccn2)cc1)Nc1cnc(NC2=NC=NC3c4ccccc4SC23)nc1. The summed E-state index contributed by atoms with van der Waals surface area (Å²) >= 11 is 1.69. The maximum Gasteiger partial charge on any atom is 0.323 e. The molecule has 4 aromatic rings. The van der Waals surface area contributed by atoms with Crippen molar-refractivity contribution in [3.8, 4) is 0 Å². The van der Waals surface area contributed by atoms with Gasteiger partial charge in [0.05, 0.1) is 34.3 Å². The van der Waals surface area contributed by atoms with E-state index in [-0.39, 0.29) is 22.1 Å². The largest absolute Gasteiger partial charge is 0.323 e. The molecule has 0 aliphatic carbocycles. The third-order valence-corrected chi connectivity index (χ3v) is 8.54. The van der Waals surface area contributed by atoms with E-state index in [0.717, 1.165) is 0 Å². The molecule has 0 radical (unpaired) electrons. The second-order valence-electron chi connectivity index (χ2n) is 8.50. The Labute approximate surface area is 232 Å². The van der Waals surface area contributed by atoms with Crippen molar-refractivity contribution < 1.29 is 13.2 Å². The van der Waals surface area contributed by atoms with Gasteiger partial charge in [-0.05, 0) is 42.0 Å². The van der Waals surface area contributed by atoms with Crippen molar-refractivity contribution in [3.63, 3.8) is 0 Å². The lowest BCUT2D eigenvalue weighted by Gasteiger charge is -2.21. The first-order valence-corrected chi connectivity index (χ1v) is 14.2. The third kappa shape index (κ3) is 5.45. The summed E-state index contributed by atoms with van der Waals surface area (Å²) in [5, 5.41) is 8.44. The van der Waals surface area contributed by atoms with Gasteiger partial charge >= 0.3 is 6.03 Å². The molecule has 0 saturated carbocycles. The van der Waals surface area contributed by atoms with Crippen molar-refractivity contribution in [2.75, 3.05) is 20.7 Å². The number of fused-ring (bicyclic) bond motifs is 3. The summed E-state index contributed by atoms with van der Waals surface area (Å²) in [6.07, 6.45) is 7.33. The minimum absolute atomic E-state index is 0.00147. The van der Waals surface area contributed by atoms with E-state index in [4.69, 9.17) is 0 Å². The van der Waals surface area contributed by atoms with Gasteiger partial charge in [-0.25, -0.2) is 42.9 Å². The Kier molecular flexibility index (Phi) is 6.79. The van der Waals surface area contributed by atoms with Gasteiger partial charge in [0.25, 0.3) is 10.0 Å². The lowest BCUT2D eigenvalue weighted by Crippen LogP contribution is -2.31. The number of amidine groups is 1. The van der Waals surface area contributed by atoms with E-state index in [1.165, 1.54) is 59.5 Å². The summed E-state index contributed by atoms with van der Waals surface area (Å²) in [4.78, 5) is 38.8. The maximum absolute atomic E-state index is 12.5. The summed E-state index contributed by atoms with van der Waals surface area (Å²) in [6.45, 7) is 0. The Hall–Kier alpha value is -4.89. The lowest BCUT2D eigenvalue weighted by atomic mass is 10.0. The molecule has 0 fully saturated rings. The van der Waals surface area contributed by atoms with Crippen molar-refractivity contribution in [1.29, 1.82) is 0 Å². The molecule has 2 aliphatic heterocycles. The molecule has 2 aromatic heterocycles.